The molecule has 112 valence electrons. The van der Waals surface area contributed by atoms with Gasteiger partial charge in [-0.05, 0) is 25.1 Å². The lowest BCUT2D eigenvalue weighted by molar-refractivity contribution is -0.115. The number of carbonyl (C=O) groups excluding carboxylic acids is 1. The van der Waals surface area contributed by atoms with Crippen molar-refractivity contribution < 1.29 is 14.6 Å². The van der Waals surface area contributed by atoms with Gasteiger partial charge in [-0.2, -0.15) is 0 Å². The fourth-order valence-electron chi connectivity index (χ4n) is 1.55. The molecule has 1 amide bonds. The molecule has 7 heteroatoms. The second-order valence-electron chi connectivity index (χ2n) is 4.22. The van der Waals surface area contributed by atoms with Gasteiger partial charge in [0.05, 0.1) is 35.0 Å². The van der Waals surface area contributed by atoms with Gasteiger partial charge in [-0.1, -0.05) is 29.3 Å². The van der Waals surface area contributed by atoms with Crippen molar-refractivity contribution in [2.24, 2.45) is 0 Å². The van der Waals surface area contributed by atoms with Crippen LogP contribution in [-0.4, -0.2) is 43.9 Å². The Morgan fingerprint density at radius 1 is 1.40 bits per heavy atom. The average molecular weight is 321 g/mol. The number of nitrogens with one attached hydrogen (secondary N) is 2. The lowest BCUT2D eigenvalue weighted by Crippen LogP contribution is -2.31. The largest absolute Gasteiger partial charge is 0.391 e. The molecule has 0 saturated carbocycles. The first-order chi connectivity index (χ1) is 9.54. The number of halogens is 2. The number of amides is 1. The minimum absolute atomic E-state index is 0.112. The fraction of sp³-hybridized carbons (Fsp3) is 0.462. The zero-order valence-corrected chi connectivity index (χ0v) is 12.7. The zero-order valence-electron chi connectivity index (χ0n) is 11.2. The predicted octanol–water partition coefficient (Wildman–Crippen LogP) is 1.92. The molecule has 0 aliphatic heterocycles. The number of benzene rings is 1. The molecule has 0 radical (unpaired) electrons. The highest BCUT2D eigenvalue weighted by atomic mass is 35.5. The second kappa shape index (κ2) is 9.15. The molecule has 1 rings (SSSR count). The maximum atomic E-state index is 11.7. The van der Waals surface area contributed by atoms with E-state index >= 15 is 0 Å². The molecule has 20 heavy (non-hydrogen) atoms. The van der Waals surface area contributed by atoms with Crippen LogP contribution in [0.5, 0.6) is 0 Å². The first-order valence-corrected chi connectivity index (χ1v) is 6.91. The van der Waals surface area contributed by atoms with Gasteiger partial charge in [-0.25, -0.2) is 0 Å². The number of carbonyl (C=O) groups is 1. The van der Waals surface area contributed by atoms with Crippen LogP contribution in [0.4, 0.5) is 5.69 Å². The molecule has 1 aromatic rings. The van der Waals surface area contributed by atoms with Gasteiger partial charge in [0.1, 0.15) is 0 Å². The van der Waals surface area contributed by atoms with Gasteiger partial charge in [0.2, 0.25) is 5.91 Å². The van der Waals surface area contributed by atoms with Gasteiger partial charge in [0, 0.05) is 7.11 Å². The van der Waals surface area contributed by atoms with E-state index in [9.17, 15) is 9.90 Å². The smallest absolute Gasteiger partial charge is 0.238 e. The van der Waals surface area contributed by atoms with E-state index in [0.29, 0.717) is 28.7 Å². The summed E-state index contributed by atoms with van der Waals surface area (Å²) in [4.78, 5) is 11.7. The van der Waals surface area contributed by atoms with Gasteiger partial charge in [-0.3, -0.25) is 4.79 Å². The molecule has 1 atom stereocenters. The number of aliphatic hydroxyl groups is 1. The Bertz CT molecular complexity index is 423. The van der Waals surface area contributed by atoms with Crippen molar-refractivity contribution >= 4 is 34.8 Å². The van der Waals surface area contributed by atoms with E-state index in [1.165, 1.54) is 7.11 Å². The molecule has 0 saturated heterocycles. The van der Waals surface area contributed by atoms with Crippen LogP contribution in [0, 0.1) is 0 Å². The average Bonchev–Trinajstić information content (AvgIpc) is 2.39. The number of para-hydroxylation sites is 1. The van der Waals surface area contributed by atoms with Gasteiger partial charge < -0.3 is 20.5 Å². The third kappa shape index (κ3) is 6.07. The van der Waals surface area contributed by atoms with E-state index in [2.05, 4.69) is 10.6 Å². The summed E-state index contributed by atoms with van der Waals surface area (Å²) in [6.07, 6.45) is -0.0258. The Labute approximate surface area is 128 Å². The molecule has 5 nitrogen and oxygen atoms in total. The molecule has 0 aliphatic carbocycles. The minimum Gasteiger partial charge on any atom is -0.391 e. The molecule has 3 N–H and O–H groups in total. The highest BCUT2D eigenvalue weighted by Gasteiger charge is 2.09. The molecule has 1 aromatic carbocycles. The summed E-state index contributed by atoms with van der Waals surface area (Å²) in [5.41, 5.74) is 0.405. The molecule has 0 spiro atoms. The summed E-state index contributed by atoms with van der Waals surface area (Å²) >= 11 is 11.9. The first kappa shape index (κ1) is 17.2. The molecule has 0 aromatic heterocycles. The summed E-state index contributed by atoms with van der Waals surface area (Å²) in [5.74, 6) is -0.249. The summed E-state index contributed by atoms with van der Waals surface area (Å²) in [5, 5.41) is 15.8. The van der Waals surface area contributed by atoms with Crippen LogP contribution in [0.1, 0.15) is 6.42 Å². The summed E-state index contributed by atoms with van der Waals surface area (Å²) in [7, 11) is 1.53. The Hall–Kier alpha value is -0.850. The normalized spacial score (nSPS) is 12.2. The van der Waals surface area contributed by atoms with Crippen molar-refractivity contribution in [2.75, 3.05) is 32.1 Å². The number of methoxy groups -OCH3 is 1. The van der Waals surface area contributed by atoms with Crippen LogP contribution < -0.4 is 10.6 Å². The number of hydrogen-bond acceptors (Lipinski definition) is 4. The quantitative estimate of drug-likeness (QED) is 0.640. The van der Waals surface area contributed by atoms with E-state index in [1.807, 2.05) is 0 Å². The molecular weight excluding hydrogens is 303 g/mol. The van der Waals surface area contributed by atoms with Crippen molar-refractivity contribution in [3.63, 3.8) is 0 Å². The Morgan fingerprint density at radius 2 is 2.05 bits per heavy atom. The van der Waals surface area contributed by atoms with Gasteiger partial charge in [-0.15, -0.1) is 0 Å². The summed E-state index contributed by atoms with van der Waals surface area (Å²) in [6.45, 7) is 0.901. The molecule has 0 heterocycles. The van der Waals surface area contributed by atoms with Crippen molar-refractivity contribution in [3.8, 4) is 0 Å². The lowest BCUT2D eigenvalue weighted by atomic mass is 10.2. The molecular formula is C13H18Cl2N2O3. The van der Waals surface area contributed by atoms with E-state index in [0.717, 1.165) is 0 Å². The molecule has 0 fully saturated rings. The van der Waals surface area contributed by atoms with E-state index in [1.54, 1.807) is 18.2 Å². The third-order valence-electron chi connectivity index (χ3n) is 2.53. The van der Waals surface area contributed by atoms with E-state index in [-0.39, 0.29) is 19.1 Å². The Balaban J connectivity index is 2.30. The highest BCUT2D eigenvalue weighted by Crippen LogP contribution is 2.29. The second-order valence-corrected chi connectivity index (χ2v) is 5.03. The van der Waals surface area contributed by atoms with E-state index < -0.39 is 6.10 Å². The first-order valence-electron chi connectivity index (χ1n) is 6.16. The highest BCUT2D eigenvalue weighted by molar-refractivity contribution is 6.39. The fourth-order valence-corrected chi connectivity index (χ4v) is 2.04. The number of ether oxygens (including phenoxy) is 1. The van der Waals surface area contributed by atoms with Crippen LogP contribution in [0.15, 0.2) is 18.2 Å². The third-order valence-corrected chi connectivity index (χ3v) is 3.16. The van der Waals surface area contributed by atoms with Crippen LogP contribution in [0.25, 0.3) is 0 Å². The SMILES string of the molecule is COCC(O)CCNCC(=O)Nc1c(Cl)cccc1Cl. The van der Waals surface area contributed by atoms with Gasteiger partial charge >= 0.3 is 0 Å². The minimum atomic E-state index is -0.534. The van der Waals surface area contributed by atoms with Crippen molar-refractivity contribution in [3.05, 3.63) is 28.2 Å². The standard InChI is InChI=1S/C13H18Cl2N2O3/c1-20-8-9(18)5-6-16-7-12(19)17-13-10(14)3-2-4-11(13)15/h2-4,9,16,18H,5-8H2,1H3,(H,17,19). The number of aliphatic hydroxyl groups excluding tert-OH is 1. The van der Waals surface area contributed by atoms with Crippen LogP contribution in [0.2, 0.25) is 10.0 Å². The Kier molecular flexibility index (Phi) is 7.87. The predicted molar refractivity (Wildman–Crippen MR) is 80.5 cm³/mol. The number of anilines is 1. The number of hydrogen-bond donors (Lipinski definition) is 3. The van der Waals surface area contributed by atoms with Crippen molar-refractivity contribution in [1.82, 2.24) is 5.32 Å². The lowest BCUT2D eigenvalue weighted by Gasteiger charge is -2.11. The zero-order chi connectivity index (χ0) is 15.0. The van der Waals surface area contributed by atoms with Gasteiger partial charge in [0.25, 0.3) is 0 Å². The monoisotopic (exact) mass is 320 g/mol. The van der Waals surface area contributed by atoms with Gasteiger partial charge in [0.15, 0.2) is 0 Å². The van der Waals surface area contributed by atoms with Crippen molar-refractivity contribution in [1.29, 1.82) is 0 Å². The van der Waals surface area contributed by atoms with Crippen LogP contribution in [0.3, 0.4) is 0 Å². The molecule has 0 aliphatic rings. The summed E-state index contributed by atoms with van der Waals surface area (Å²) in [6, 6.07) is 5.00. The number of rotatable bonds is 8. The van der Waals surface area contributed by atoms with E-state index in [4.69, 9.17) is 27.9 Å². The van der Waals surface area contributed by atoms with Crippen LogP contribution >= 0.6 is 23.2 Å². The summed E-state index contributed by atoms with van der Waals surface area (Å²) < 4.78 is 4.80. The maximum absolute atomic E-state index is 11.7. The molecule has 1 unspecified atom stereocenters. The molecule has 0 bridgehead atoms. The van der Waals surface area contributed by atoms with Crippen molar-refractivity contribution in [2.45, 2.75) is 12.5 Å². The Morgan fingerprint density at radius 3 is 2.65 bits per heavy atom. The topological polar surface area (TPSA) is 70.6 Å². The van der Waals surface area contributed by atoms with Crippen LogP contribution in [-0.2, 0) is 9.53 Å². The maximum Gasteiger partial charge on any atom is 0.238 e.